The van der Waals surface area contributed by atoms with Crippen LogP contribution in [0.25, 0.3) is 11.3 Å². The molecule has 9 heteroatoms. The van der Waals surface area contributed by atoms with Crippen LogP contribution in [0, 0.1) is 0 Å². The predicted molar refractivity (Wildman–Crippen MR) is 123 cm³/mol. The van der Waals surface area contributed by atoms with Gasteiger partial charge in [-0.2, -0.15) is 0 Å². The van der Waals surface area contributed by atoms with Crippen LogP contribution in [0.3, 0.4) is 0 Å². The van der Waals surface area contributed by atoms with E-state index in [9.17, 15) is 9.59 Å². The van der Waals surface area contributed by atoms with Gasteiger partial charge >= 0.3 is 0 Å². The number of methoxy groups -OCH3 is 3. The van der Waals surface area contributed by atoms with Gasteiger partial charge in [-0.3, -0.25) is 9.59 Å². The second-order valence-electron chi connectivity index (χ2n) is 6.64. The normalized spacial score (nSPS) is 10.4. The van der Waals surface area contributed by atoms with Crippen molar-refractivity contribution in [2.75, 3.05) is 32.4 Å². The van der Waals surface area contributed by atoms with Crippen molar-refractivity contribution in [1.82, 2.24) is 10.2 Å². The van der Waals surface area contributed by atoms with Gasteiger partial charge in [-0.1, -0.05) is 11.8 Å². The lowest BCUT2D eigenvalue weighted by Crippen LogP contribution is -2.14. The Labute approximate surface area is 190 Å². The molecule has 32 heavy (non-hydrogen) atoms. The number of Topliss-reactive ketones (excluding diaryl/α,β-unsaturated/α-hetero) is 1. The maximum Gasteiger partial charge on any atom is 0.234 e. The highest BCUT2D eigenvalue weighted by molar-refractivity contribution is 7.99. The van der Waals surface area contributed by atoms with Gasteiger partial charge in [0.2, 0.25) is 11.7 Å². The molecule has 0 radical (unpaired) electrons. The minimum atomic E-state index is -0.180. The summed E-state index contributed by atoms with van der Waals surface area (Å²) in [7, 11) is 4.65. The minimum absolute atomic E-state index is 0.0213. The molecule has 0 bridgehead atoms. The summed E-state index contributed by atoms with van der Waals surface area (Å²) in [6, 6.07) is 14.0. The van der Waals surface area contributed by atoms with E-state index in [-0.39, 0.29) is 17.4 Å². The van der Waals surface area contributed by atoms with Crippen molar-refractivity contribution in [2.24, 2.45) is 0 Å². The van der Waals surface area contributed by atoms with Gasteiger partial charge in [-0.25, -0.2) is 0 Å². The third-order valence-corrected chi connectivity index (χ3v) is 5.45. The fraction of sp³-hybridized carbons (Fsp3) is 0.217. The molecular formula is C23H23N3O5S. The topological polar surface area (TPSA) is 99.6 Å². The van der Waals surface area contributed by atoms with Gasteiger partial charge in [0.25, 0.3) is 0 Å². The maximum atomic E-state index is 12.2. The molecule has 0 aliphatic rings. The van der Waals surface area contributed by atoms with E-state index < -0.39 is 0 Å². The van der Waals surface area contributed by atoms with E-state index in [0.717, 1.165) is 5.56 Å². The van der Waals surface area contributed by atoms with Crippen LogP contribution in [0.4, 0.5) is 5.69 Å². The Kier molecular flexibility index (Phi) is 7.67. The number of carbonyl (C=O) groups excluding carboxylic acids is 2. The largest absolute Gasteiger partial charge is 0.493 e. The average Bonchev–Trinajstić information content (AvgIpc) is 2.82. The molecule has 3 rings (SSSR count). The molecule has 1 aromatic heterocycles. The van der Waals surface area contributed by atoms with Crippen LogP contribution in [0.15, 0.2) is 53.6 Å². The first-order valence-electron chi connectivity index (χ1n) is 9.63. The second-order valence-corrected chi connectivity index (χ2v) is 7.64. The molecule has 166 valence electrons. The number of benzene rings is 2. The lowest BCUT2D eigenvalue weighted by Gasteiger charge is -2.13. The lowest BCUT2D eigenvalue weighted by molar-refractivity contribution is -0.113. The first kappa shape index (κ1) is 23.1. The highest BCUT2D eigenvalue weighted by Crippen LogP contribution is 2.40. The van der Waals surface area contributed by atoms with Gasteiger partial charge in [0.15, 0.2) is 17.3 Å². The van der Waals surface area contributed by atoms with Crippen molar-refractivity contribution >= 4 is 29.1 Å². The van der Waals surface area contributed by atoms with Crippen molar-refractivity contribution in [1.29, 1.82) is 0 Å². The van der Waals surface area contributed by atoms with Gasteiger partial charge in [-0.05, 0) is 55.5 Å². The van der Waals surface area contributed by atoms with Crippen molar-refractivity contribution in [2.45, 2.75) is 11.9 Å². The van der Waals surface area contributed by atoms with E-state index in [0.29, 0.717) is 39.2 Å². The van der Waals surface area contributed by atoms with E-state index in [2.05, 4.69) is 15.5 Å². The summed E-state index contributed by atoms with van der Waals surface area (Å²) in [5.41, 5.74) is 2.61. The van der Waals surface area contributed by atoms with Crippen molar-refractivity contribution < 1.29 is 23.8 Å². The van der Waals surface area contributed by atoms with Gasteiger partial charge in [0, 0.05) is 16.8 Å². The fourth-order valence-electron chi connectivity index (χ4n) is 2.90. The van der Waals surface area contributed by atoms with Gasteiger partial charge in [0.1, 0.15) is 5.03 Å². The molecule has 3 aromatic rings. The number of ketones is 1. The van der Waals surface area contributed by atoms with Crippen LogP contribution in [0.1, 0.15) is 17.3 Å². The molecule has 0 fully saturated rings. The van der Waals surface area contributed by atoms with Crippen molar-refractivity contribution in [3.05, 3.63) is 54.1 Å². The number of ether oxygens (including phenoxy) is 3. The molecule has 1 amide bonds. The van der Waals surface area contributed by atoms with E-state index >= 15 is 0 Å². The molecular weight excluding hydrogens is 430 g/mol. The second kappa shape index (κ2) is 10.6. The molecule has 0 atom stereocenters. The Bertz CT molecular complexity index is 1080. The summed E-state index contributed by atoms with van der Waals surface area (Å²) >= 11 is 1.27. The van der Waals surface area contributed by atoms with Crippen LogP contribution < -0.4 is 19.5 Å². The third kappa shape index (κ3) is 5.55. The number of carbonyl (C=O) groups is 2. The zero-order valence-electron chi connectivity index (χ0n) is 18.2. The van der Waals surface area contributed by atoms with E-state index in [1.165, 1.54) is 18.7 Å². The number of amides is 1. The predicted octanol–water partition coefficient (Wildman–Crippen LogP) is 4.10. The smallest absolute Gasteiger partial charge is 0.234 e. The Morgan fingerprint density at radius 3 is 2.06 bits per heavy atom. The molecule has 0 aliphatic carbocycles. The minimum Gasteiger partial charge on any atom is -0.493 e. The fourth-order valence-corrected chi connectivity index (χ4v) is 3.52. The zero-order valence-corrected chi connectivity index (χ0v) is 19.0. The number of nitrogens with zero attached hydrogens (tertiary/aromatic N) is 2. The first-order chi connectivity index (χ1) is 15.4. The highest BCUT2D eigenvalue weighted by Gasteiger charge is 2.15. The van der Waals surface area contributed by atoms with Crippen LogP contribution in [-0.2, 0) is 4.79 Å². The monoisotopic (exact) mass is 453 g/mol. The Hall–Kier alpha value is -3.59. The van der Waals surface area contributed by atoms with E-state index in [1.54, 1.807) is 63.8 Å². The lowest BCUT2D eigenvalue weighted by atomic mass is 10.1. The summed E-state index contributed by atoms with van der Waals surface area (Å²) in [5, 5.41) is 11.9. The maximum absolute atomic E-state index is 12.2. The Morgan fingerprint density at radius 2 is 1.56 bits per heavy atom. The zero-order chi connectivity index (χ0) is 23.1. The number of hydrogen-bond acceptors (Lipinski definition) is 8. The molecule has 0 unspecified atom stereocenters. The molecule has 8 nitrogen and oxygen atoms in total. The van der Waals surface area contributed by atoms with Crippen molar-refractivity contribution in [3.63, 3.8) is 0 Å². The van der Waals surface area contributed by atoms with Gasteiger partial charge in [-0.15, -0.1) is 10.2 Å². The molecule has 0 saturated heterocycles. The molecule has 0 saturated carbocycles. The summed E-state index contributed by atoms with van der Waals surface area (Å²) in [6.45, 7) is 1.50. The van der Waals surface area contributed by atoms with E-state index in [1.807, 2.05) is 6.07 Å². The van der Waals surface area contributed by atoms with Crippen LogP contribution in [0.2, 0.25) is 0 Å². The Morgan fingerprint density at radius 1 is 0.906 bits per heavy atom. The molecule has 0 spiro atoms. The van der Waals surface area contributed by atoms with Gasteiger partial charge in [0.05, 0.1) is 32.8 Å². The van der Waals surface area contributed by atoms with Crippen LogP contribution in [0.5, 0.6) is 17.2 Å². The summed E-state index contributed by atoms with van der Waals surface area (Å²) < 4.78 is 16.1. The Balaban J connectivity index is 1.63. The number of rotatable bonds is 9. The summed E-state index contributed by atoms with van der Waals surface area (Å²) in [5.74, 6) is 1.52. The summed E-state index contributed by atoms with van der Waals surface area (Å²) in [4.78, 5) is 23.5. The first-order valence-corrected chi connectivity index (χ1v) is 10.6. The number of thioether (sulfide) groups is 1. The SMILES string of the molecule is COc1cc(-c2ccc(SCC(=O)Nc3ccc(C(C)=O)cc3)nn2)cc(OC)c1OC. The quantitative estimate of drug-likeness (QED) is 0.382. The number of nitrogens with one attached hydrogen (secondary N) is 1. The van der Waals surface area contributed by atoms with Crippen LogP contribution >= 0.6 is 11.8 Å². The molecule has 2 aromatic carbocycles. The van der Waals surface area contributed by atoms with Crippen LogP contribution in [-0.4, -0.2) is 49.0 Å². The van der Waals surface area contributed by atoms with E-state index in [4.69, 9.17) is 14.2 Å². The highest BCUT2D eigenvalue weighted by atomic mass is 32.2. The average molecular weight is 454 g/mol. The standard InChI is InChI=1S/C23H23N3O5S/c1-14(27)15-5-7-17(8-6-15)24-21(28)13-32-22-10-9-18(25-26-22)16-11-19(29-2)23(31-4)20(12-16)30-3/h5-12H,13H2,1-4H3,(H,24,28). The third-order valence-electron chi connectivity index (χ3n) is 4.53. The molecule has 1 N–H and O–H groups in total. The number of anilines is 1. The summed E-state index contributed by atoms with van der Waals surface area (Å²) in [6.07, 6.45) is 0. The number of hydrogen-bond donors (Lipinski definition) is 1. The van der Waals surface area contributed by atoms with Crippen molar-refractivity contribution in [3.8, 4) is 28.5 Å². The van der Waals surface area contributed by atoms with Gasteiger partial charge < -0.3 is 19.5 Å². The molecule has 1 heterocycles. The number of aromatic nitrogens is 2. The molecule has 0 aliphatic heterocycles.